The highest BCUT2D eigenvalue weighted by Gasteiger charge is 2.16. The Morgan fingerprint density at radius 2 is 2.00 bits per heavy atom. The van der Waals surface area contributed by atoms with Crippen LogP contribution in [0.25, 0.3) is 0 Å². The molecule has 16 heavy (non-hydrogen) atoms. The lowest BCUT2D eigenvalue weighted by atomic mass is 10.1. The first kappa shape index (κ1) is 12.5. The van der Waals surface area contributed by atoms with Crippen molar-refractivity contribution in [3.8, 4) is 0 Å². The van der Waals surface area contributed by atoms with Gasteiger partial charge in [0.1, 0.15) is 0 Å². The molecule has 0 fully saturated rings. The average molecular weight is 221 g/mol. The van der Waals surface area contributed by atoms with E-state index >= 15 is 0 Å². The molecule has 1 rings (SSSR count). The minimum atomic E-state index is -0.137. The Hall–Kier alpha value is -1.55. The van der Waals surface area contributed by atoms with E-state index in [4.69, 9.17) is 5.73 Å². The molecular weight excluding hydrogens is 202 g/mol. The number of carbonyl (C=O) groups excluding carboxylic acids is 1. The van der Waals surface area contributed by atoms with Gasteiger partial charge in [-0.25, -0.2) is 0 Å². The van der Waals surface area contributed by atoms with E-state index in [0.29, 0.717) is 0 Å². The molecule has 0 radical (unpaired) electrons. The molecule has 1 aromatic carbocycles. The second-order valence-electron chi connectivity index (χ2n) is 3.95. The number of nitrogen functional groups attached to an aromatic ring is 1. The maximum absolute atomic E-state index is 11.4. The standard InChI is InChI=1S/C12H19N3O/c1-9(12(16)14-2)15(3)8-10-4-6-11(13)7-5-10/h4-7,9H,8,13H2,1-3H3,(H,14,16). The third-order valence-corrected chi connectivity index (χ3v) is 2.70. The van der Waals surface area contributed by atoms with Crippen LogP contribution in [0.3, 0.4) is 0 Å². The van der Waals surface area contributed by atoms with Gasteiger partial charge < -0.3 is 11.1 Å². The number of anilines is 1. The number of rotatable bonds is 4. The number of hydrogen-bond donors (Lipinski definition) is 2. The van der Waals surface area contributed by atoms with Gasteiger partial charge in [-0.15, -0.1) is 0 Å². The van der Waals surface area contributed by atoms with E-state index in [2.05, 4.69) is 5.32 Å². The first-order valence-electron chi connectivity index (χ1n) is 5.31. The zero-order chi connectivity index (χ0) is 12.1. The molecule has 0 heterocycles. The lowest BCUT2D eigenvalue weighted by molar-refractivity contribution is -0.125. The molecule has 0 spiro atoms. The Labute approximate surface area is 96.4 Å². The SMILES string of the molecule is CNC(=O)C(C)N(C)Cc1ccc(N)cc1. The van der Waals surface area contributed by atoms with Gasteiger partial charge in [-0.2, -0.15) is 0 Å². The zero-order valence-electron chi connectivity index (χ0n) is 10.0. The van der Waals surface area contributed by atoms with Gasteiger partial charge in [-0.3, -0.25) is 9.69 Å². The van der Waals surface area contributed by atoms with E-state index in [9.17, 15) is 4.79 Å². The highest BCUT2D eigenvalue weighted by atomic mass is 16.2. The molecule has 0 saturated carbocycles. The number of carbonyl (C=O) groups is 1. The van der Waals surface area contributed by atoms with Gasteiger partial charge in [0.15, 0.2) is 0 Å². The summed E-state index contributed by atoms with van der Waals surface area (Å²) in [5.41, 5.74) is 7.51. The second kappa shape index (κ2) is 5.51. The molecule has 0 aliphatic rings. The van der Waals surface area contributed by atoms with Crippen molar-refractivity contribution in [2.24, 2.45) is 0 Å². The second-order valence-corrected chi connectivity index (χ2v) is 3.95. The van der Waals surface area contributed by atoms with Crippen LogP contribution >= 0.6 is 0 Å². The molecule has 88 valence electrons. The summed E-state index contributed by atoms with van der Waals surface area (Å²) in [6.45, 7) is 2.62. The highest BCUT2D eigenvalue weighted by molar-refractivity contribution is 5.80. The summed E-state index contributed by atoms with van der Waals surface area (Å²) in [5, 5.41) is 2.64. The van der Waals surface area contributed by atoms with Crippen LogP contribution in [-0.4, -0.2) is 30.9 Å². The lowest BCUT2D eigenvalue weighted by Crippen LogP contribution is -2.41. The Morgan fingerprint density at radius 3 is 2.50 bits per heavy atom. The van der Waals surface area contributed by atoms with Crippen molar-refractivity contribution in [1.82, 2.24) is 10.2 Å². The molecule has 0 saturated heterocycles. The maximum atomic E-state index is 11.4. The minimum Gasteiger partial charge on any atom is -0.399 e. The Balaban J connectivity index is 2.60. The summed E-state index contributed by atoms with van der Waals surface area (Å²) < 4.78 is 0. The van der Waals surface area contributed by atoms with E-state index in [1.165, 1.54) is 0 Å². The van der Waals surface area contributed by atoms with Crippen molar-refractivity contribution >= 4 is 11.6 Å². The largest absolute Gasteiger partial charge is 0.399 e. The molecule has 4 nitrogen and oxygen atoms in total. The van der Waals surface area contributed by atoms with Crippen molar-refractivity contribution < 1.29 is 4.79 Å². The molecule has 0 aromatic heterocycles. The molecule has 4 heteroatoms. The van der Waals surface area contributed by atoms with Crippen LogP contribution in [0.2, 0.25) is 0 Å². The molecular formula is C12H19N3O. The minimum absolute atomic E-state index is 0.0259. The van der Waals surface area contributed by atoms with Crippen LogP contribution < -0.4 is 11.1 Å². The molecule has 1 aromatic rings. The molecule has 0 bridgehead atoms. The van der Waals surface area contributed by atoms with Gasteiger partial charge in [-0.05, 0) is 31.7 Å². The van der Waals surface area contributed by atoms with Gasteiger partial charge in [0.2, 0.25) is 5.91 Å². The van der Waals surface area contributed by atoms with Gasteiger partial charge in [0.25, 0.3) is 0 Å². The maximum Gasteiger partial charge on any atom is 0.236 e. The zero-order valence-corrected chi connectivity index (χ0v) is 10.0. The molecule has 1 unspecified atom stereocenters. The molecule has 1 amide bonds. The molecule has 1 atom stereocenters. The summed E-state index contributed by atoms with van der Waals surface area (Å²) >= 11 is 0. The normalized spacial score (nSPS) is 12.5. The van der Waals surface area contributed by atoms with Crippen LogP contribution in [0, 0.1) is 0 Å². The highest BCUT2D eigenvalue weighted by Crippen LogP contribution is 2.09. The third kappa shape index (κ3) is 3.24. The van der Waals surface area contributed by atoms with Crippen LogP contribution in [0.1, 0.15) is 12.5 Å². The molecule has 0 aliphatic carbocycles. The Kier molecular flexibility index (Phi) is 4.31. The summed E-state index contributed by atoms with van der Waals surface area (Å²) in [7, 11) is 3.58. The predicted molar refractivity (Wildman–Crippen MR) is 65.9 cm³/mol. The fourth-order valence-corrected chi connectivity index (χ4v) is 1.46. The van der Waals surface area contributed by atoms with Crippen LogP contribution in [0.4, 0.5) is 5.69 Å². The van der Waals surface area contributed by atoms with Crippen molar-refractivity contribution in [2.75, 3.05) is 19.8 Å². The molecule has 3 N–H and O–H groups in total. The summed E-state index contributed by atoms with van der Waals surface area (Å²) in [6.07, 6.45) is 0. The summed E-state index contributed by atoms with van der Waals surface area (Å²) in [6, 6.07) is 7.55. The van der Waals surface area contributed by atoms with Crippen LogP contribution in [0.15, 0.2) is 24.3 Å². The van der Waals surface area contributed by atoms with Crippen molar-refractivity contribution in [3.63, 3.8) is 0 Å². The number of nitrogens with one attached hydrogen (secondary N) is 1. The third-order valence-electron chi connectivity index (χ3n) is 2.70. The van der Waals surface area contributed by atoms with Gasteiger partial charge in [0, 0.05) is 19.3 Å². The first-order valence-corrected chi connectivity index (χ1v) is 5.31. The summed E-state index contributed by atoms with van der Waals surface area (Å²) in [4.78, 5) is 13.4. The fraction of sp³-hybridized carbons (Fsp3) is 0.417. The lowest BCUT2D eigenvalue weighted by Gasteiger charge is -2.23. The predicted octanol–water partition coefficient (Wildman–Crippen LogP) is 0.835. The number of nitrogens with two attached hydrogens (primary N) is 1. The topological polar surface area (TPSA) is 58.4 Å². The van der Waals surface area contributed by atoms with E-state index in [1.54, 1.807) is 7.05 Å². The van der Waals surface area contributed by atoms with Crippen LogP contribution in [-0.2, 0) is 11.3 Å². The smallest absolute Gasteiger partial charge is 0.236 e. The van der Waals surface area contributed by atoms with E-state index in [-0.39, 0.29) is 11.9 Å². The monoisotopic (exact) mass is 221 g/mol. The van der Waals surface area contributed by atoms with Crippen molar-refractivity contribution in [3.05, 3.63) is 29.8 Å². The number of amides is 1. The first-order chi connectivity index (χ1) is 7.54. The number of likely N-dealkylation sites (N-methyl/N-ethyl adjacent to an activating group) is 2. The van der Waals surface area contributed by atoms with E-state index in [0.717, 1.165) is 17.8 Å². The molecule has 0 aliphatic heterocycles. The van der Waals surface area contributed by atoms with Crippen LogP contribution in [0.5, 0.6) is 0 Å². The average Bonchev–Trinajstić information content (AvgIpc) is 2.30. The number of nitrogens with zero attached hydrogens (tertiary/aromatic N) is 1. The van der Waals surface area contributed by atoms with Crippen molar-refractivity contribution in [1.29, 1.82) is 0 Å². The Morgan fingerprint density at radius 1 is 1.44 bits per heavy atom. The quantitative estimate of drug-likeness (QED) is 0.741. The van der Waals surface area contributed by atoms with E-state index in [1.807, 2.05) is 43.1 Å². The summed E-state index contributed by atoms with van der Waals surface area (Å²) in [5.74, 6) is 0.0259. The number of benzene rings is 1. The van der Waals surface area contributed by atoms with Crippen molar-refractivity contribution in [2.45, 2.75) is 19.5 Å². The van der Waals surface area contributed by atoms with Gasteiger partial charge >= 0.3 is 0 Å². The Bertz CT molecular complexity index is 348. The van der Waals surface area contributed by atoms with Gasteiger partial charge in [-0.1, -0.05) is 12.1 Å². The van der Waals surface area contributed by atoms with Gasteiger partial charge in [0.05, 0.1) is 6.04 Å². The number of hydrogen-bond acceptors (Lipinski definition) is 3. The fourth-order valence-electron chi connectivity index (χ4n) is 1.46. The van der Waals surface area contributed by atoms with E-state index < -0.39 is 0 Å².